The Morgan fingerprint density at radius 1 is 1.36 bits per heavy atom. The molecule has 130 valence electrons. The van der Waals surface area contributed by atoms with Gasteiger partial charge in [0.05, 0.1) is 28.3 Å². The number of hydrogen-bond acceptors (Lipinski definition) is 4. The largest absolute Gasteiger partial charge is 0.394 e. The summed E-state index contributed by atoms with van der Waals surface area (Å²) < 4.78 is 0. The van der Waals surface area contributed by atoms with Crippen molar-refractivity contribution in [1.29, 1.82) is 0 Å². The molecule has 0 aliphatic rings. The number of halogens is 1. The van der Waals surface area contributed by atoms with Gasteiger partial charge in [-0.05, 0) is 31.0 Å². The highest BCUT2D eigenvalue weighted by molar-refractivity contribution is 6.33. The van der Waals surface area contributed by atoms with Gasteiger partial charge in [-0.3, -0.25) is 10.1 Å². The van der Waals surface area contributed by atoms with Crippen LogP contribution < -0.4 is 5.32 Å². The minimum Gasteiger partial charge on any atom is -0.394 e. The first-order valence-corrected chi connectivity index (χ1v) is 8.24. The molecule has 1 heterocycles. The van der Waals surface area contributed by atoms with Crippen molar-refractivity contribution in [2.24, 2.45) is 0 Å². The second-order valence-corrected chi connectivity index (χ2v) is 6.37. The van der Waals surface area contributed by atoms with Gasteiger partial charge in [-0.1, -0.05) is 29.8 Å². The monoisotopic (exact) mass is 359 g/mol. The molecule has 3 N–H and O–H groups in total. The maximum atomic E-state index is 11.0. The maximum Gasteiger partial charge on any atom is 0.273 e. The maximum absolute atomic E-state index is 11.0. The summed E-state index contributed by atoms with van der Waals surface area (Å²) in [7, 11) is 0. The first-order valence-electron chi connectivity index (χ1n) is 7.86. The van der Waals surface area contributed by atoms with E-state index in [0.717, 1.165) is 16.5 Å². The molecular formula is C18H18ClN3O3. The Kier molecular flexibility index (Phi) is 4.92. The van der Waals surface area contributed by atoms with Crippen LogP contribution in [0.5, 0.6) is 0 Å². The van der Waals surface area contributed by atoms with Crippen LogP contribution >= 0.6 is 11.6 Å². The fraction of sp³-hybridized carbons (Fsp3) is 0.222. The minimum absolute atomic E-state index is 0.0206. The number of nitro groups is 1. The molecule has 0 fully saturated rings. The molecule has 0 aliphatic heterocycles. The van der Waals surface area contributed by atoms with Gasteiger partial charge in [-0.15, -0.1) is 0 Å². The Hall–Kier alpha value is -2.57. The average Bonchev–Trinajstić information content (AvgIpc) is 3.00. The number of fused-ring (bicyclic) bond motifs is 1. The van der Waals surface area contributed by atoms with E-state index in [0.29, 0.717) is 17.7 Å². The van der Waals surface area contributed by atoms with Crippen LogP contribution in [0.1, 0.15) is 11.1 Å². The van der Waals surface area contributed by atoms with Crippen LogP contribution in [0.2, 0.25) is 5.02 Å². The zero-order valence-electron chi connectivity index (χ0n) is 13.6. The fourth-order valence-corrected chi connectivity index (χ4v) is 3.14. The van der Waals surface area contributed by atoms with E-state index >= 15 is 0 Å². The number of anilines is 1. The lowest BCUT2D eigenvalue weighted by atomic mass is 10.0. The first-order chi connectivity index (χ1) is 12.0. The summed E-state index contributed by atoms with van der Waals surface area (Å²) >= 11 is 6.17. The van der Waals surface area contributed by atoms with Crippen molar-refractivity contribution in [2.45, 2.75) is 19.4 Å². The third-order valence-electron chi connectivity index (χ3n) is 4.20. The number of aliphatic hydroxyl groups is 1. The molecule has 3 rings (SSSR count). The number of rotatable bonds is 6. The molecule has 1 unspecified atom stereocenters. The van der Waals surface area contributed by atoms with Crippen molar-refractivity contribution in [3.63, 3.8) is 0 Å². The average molecular weight is 360 g/mol. The predicted molar refractivity (Wildman–Crippen MR) is 99.3 cm³/mol. The van der Waals surface area contributed by atoms with Crippen LogP contribution in [-0.2, 0) is 6.42 Å². The summed E-state index contributed by atoms with van der Waals surface area (Å²) in [5.74, 6) is 0. The number of nitro benzene ring substituents is 1. The molecule has 3 aromatic rings. The number of nitrogens with one attached hydrogen (secondary N) is 2. The Morgan fingerprint density at radius 2 is 2.12 bits per heavy atom. The van der Waals surface area contributed by atoms with Crippen molar-refractivity contribution in [1.82, 2.24) is 4.98 Å². The van der Waals surface area contributed by atoms with E-state index in [1.807, 2.05) is 30.5 Å². The topological polar surface area (TPSA) is 91.2 Å². The third kappa shape index (κ3) is 3.60. The third-order valence-corrected chi connectivity index (χ3v) is 4.52. The lowest BCUT2D eigenvalue weighted by Crippen LogP contribution is -2.26. The van der Waals surface area contributed by atoms with E-state index < -0.39 is 4.92 Å². The highest BCUT2D eigenvalue weighted by atomic mass is 35.5. The van der Waals surface area contributed by atoms with Crippen LogP contribution in [0.25, 0.3) is 10.9 Å². The molecule has 0 spiro atoms. The number of aryl methyl sites for hydroxylation is 1. The van der Waals surface area contributed by atoms with Crippen molar-refractivity contribution in [3.8, 4) is 0 Å². The fourth-order valence-electron chi connectivity index (χ4n) is 2.93. The van der Waals surface area contributed by atoms with Crippen LogP contribution in [-0.4, -0.2) is 27.7 Å². The minimum atomic E-state index is -0.458. The second-order valence-electron chi connectivity index (χ2n) is 5.96. The van der Waals surface area contributed by atoms with Gasteiger partial charge in [-0.2, -0.15) is 0 Å². The van der Waals surface area contributed by atoms with Gasteiger partial charge in [0.2, 0.25) is 0 Å². The van der Waals surface area contributed by atoms with Crippen molar-refractivity contribution >= 4 is 33.9 Å². The van der Waals surface area contributed by atoms with Crippen LogP contribution in [0, 0.1) is 17.0 Å². The van der Waals surface area contributed by atoms with Crippen molar-refractivity contribution in [2.75, 3.05) is 11.9 Å². The van der Waals surface area contributed by atoms with E-state index in [-0.39, 0.29) is 23.4 Å². The van der Waals surface area contributed by atoms with Gasteiger partial charge in [-0.25, -0.2) is 0 Å². The van der Waals surface area contributed by atoms with Gasteiger partial charge >= 0.3 is 0 Å². The Bertz CT molecular complexity index is 923. The smallest absolute Gasteiger partial charge is 0.273 e. The number of para-hydroxylation sites is 1. The molecule has 7 heteroatoms. The molecule has 0 aliphatic carbocycles. The highest BCUT2D eigenvalue weighted by Gasteiger charge is 2.17. The zero-order valence-corrected chi connectivity index (χ0v) is 14.4. The number of H-pyrrole nitrogens is 1. The van der Waals surface area contributed by atoms with E-state index in [1.165, 1.54) is 6.07 Å². The quantitative estimate of drug-likeness (QED) is 0.457. The Balaban J connectivity index is 1.83. The Labute approximate surface area is 149 Å². The predicted octanol–water partition coefficient (Wildman–Crippen LogP) is 4.05. The standard InChI is InChI=1S/C18H18ClN3O3/c1-11-6-17(15(19)8-18(11)22(24)25)21-13(10-23)7-12-9-20-16-5-3-2-4-14(12)16/h2-6,8-9,13,20-21,23H,7,10H2,1H3. The van der Waals surface area contributed by atoms with Crippen molar-refractivity contribution < 1.29 is 10.0 Å². The number of aliphatic hydroxyl groups excluding tert-OH is 1. The lowest BCUT2D eigenvalue weighted by Gasteiger charge is -2.19. The summed E-state index contributed by atoms with van der Waals surface area (Å²) in [6, 6.07) is 10.7. The molecule has 0 amide bonds. The summed E-state index contributed by atoms with van der Waals surface area (Å²) in [5.41, 5.74) is 3.19. The Morgan fingerprint density at radius 3 is 2.84 bits per heavy atom. The summed E-state index contributed by atoms with van der Waals surface area (Å²) in [6.45, 7) is 1.57. The number of benzene rings is 2. The molecule has 6 nitrogen and oxygen atoms in total. The molecule has 25 heavy (non-hydrogen) atoms. The summed E-state index contributed by atoms with van der Waals surface area (Å²) in [4.78, 5) is 13.7. The molecule has 0 bridgehead atoms. The van der Waals surface area contributed by atoms with E-state index in [1.54, 1.807) is 13.0 Å². The molecule has 2 aromatic carbocycles. The SMILES string of the molecule is Cc1cc(NC(CO)Cc2c[nH]c3ccccc23)c(Cl)cc1[N+](=O)[O-]. The van der Waals surface area contributed by atoms with Gasteiger partial charge < -0.3 is 15.4 Å². The molecular weight excluding hydrogens is 342 g/mol. The van der Waals surface area contributed by atoms with Gasteiger partial charge in [0.15, 0.2) is 0 Å². The normalized spacial score (nSPS) is 12.3. The molecule has 0 saturated heterocycles. The molecule has 1 aromatic heterocycles. The highest BCUT2D eigenvalue weighted by Crippen LogP contribution is 2.31. The number of hydrogen-bond donors (Lipinski definition) is 3. The number of aromatic nitrogens is 1. The molecule has 0 saturated carbocycles. The van der Waals surface area contributed by atoms with E-state index in [4.69, 9.17) is 11.6 Å². The first kappa shape index (κ1) is 17.3. The van der Waals surface area contributed by atoms with Gasteiger partial charge in [0.25, 0.3) is 5.69 Å². The van der Waals surface area contributed by atoms with Gasteiger partial charge in [0.1, 0.15) is 0 Å². The summed E-state index contributed by atoms with van der Waals surface area (Å²) in [6.07, 6.45) is 2.52. The lowest BCUT2D eigenvalue weighted by molar-refractivity contribution is -0.385. The van der Waals surface area contributed by atoms with Crippen LogP contribution in [0.15, 0.2) is 42.6 Å². The second kappa shape index (κ2) is 7.13. The van der Waals surface area contributed by atoms with Crippen molar-refractivity contribution in [3.05, 3.63) is 68.9 Å². The van der Waals surface area contributed by atoms with Gasteiger partial charge in [0, 0.05) is 28.7 Å². The van der Waals surface area contributed by atoms with Crippen LogP contribution in [0.3, 0.4) is 0 Å². The van der Waals surface area contributed by atoms with E-state index in [9.17, 15) is 15.2 Å². The number of nitrogens with zero attached hydrogens (tertiary/aromatic N) is 1. The van der Waals surface area contributed by atoms with Crippen LogP contribution in [0.4, 0.5) is 11.4 Å². The summed E-state index contributed by atoms with van der Waals surface area (Å²) in [5, 5.41) is 25.3. The molecule has 0 radical (unpaired) electrons. The number of aromatic amines is 1. The molecule has 1 atom stereocenters. The zero-order chi connectivity index (χ0) is 18.0. The van der Waals surface area contributed by atoms with E-state index in [2.05, 4.69) is 10.3 Å².